The van der Waals surface area contributed by atoms with Crippen LogP contribution in [0.25, 0.3) is 0 Å². The van der Waals surface area contributed by atoms with Crippen LogP contribution in [-0.4, -0.2) is 36.9 Å². The molecule has 0 heterocycles. The molecular weight excluding hydrogens is 355 g/mol. The summed E-state index contributed by atoms with van der Waals surface area (Å²) in [6.45, 7) is 8.15. The summed E-state index contributed by atoms with van der Waals surface area (Å²) in [6, 6.07) is 12.8. The van der Waals surface area contributed by atoms with Crippen molar-refractivity contribution in [1.82, 2.24) is 15.5 Å². The van der Waals surface area contributed by atoms with Crippen LogP contribution in [-0.2, 0) is 13.1 Å². The van der Waals surface area contributed by atoms with Gasteiger partial charge in [-0.1, -0.05) is 24.3 Å². The fourth-order valence-electron chi connectivity index (χ4n) is 2.80. The zero-order valence-corrected chi connectivity index (χ0v) is 17.1. The van der Waals surface area contributed by atoms with Crippen LogP contribution in [0, 0.1) is 12.7 Å². The van der Waals surface area contributed by atoms with Crippen LogP contribution in [0.4, 0.5) is 4.39 Å². The first-order valence-corrected chi connectivity index (χ1v) is 9.56. The molecule has 0 radical (unpaired) electrons. The van der Waals surface area contributed by atoms with Crippen molar-refractivity contribution < 1.29 is 9.18 Å². The van der Waals surface area contributed by atoms with Gasteiger partial charge >= 0.3 is 0 Å². The summed E-state index contributed by atoms with van der Waals surface area (Å²) in [6.07, 6.45) is 0. The van der Waals surface area contributed by atoms with E-state index >= 15 is 0 Å². The van der Waals surface area contributed by atoms with E-state index in [1.54, 1.807) is 24.9 Å². The summed E-state index contributed by atoms with van der Waals surface area (Å²) in [4.78, 5) is 18.3. The van der Waals surface area contributed by atoms with Gasteiger partial charge < -0.3 is 15.5 Å². The Hall–Kier alpha value is -2.89. The SMILES string of the molecule is CCN(CC)C(=O)c1ccc(CNC(=NC)NCc2ccc(C)c(F)c2)cc1. The molecule has 2 rings (SSSR count). The molecule has 150 valence electrons. The Morgan fingerprint density at radius 1 is 1.00 bits per heavy atom. The highest BCUT2D eigenvalue weighted by Crippen LogP contribution is 2.09. The van der Waals surface area contributed by atoms with Gasteiger partial charge in [0.1, 0.15) is 5.82 Å². The fraction of sp³-hybridized carbons (Fsp3) is 0.364. The summed E-state index contributed by atoms with van der Waals surface area (Å²) in [5.74, 6) is 0.471. The maximum atomic E-state index is 13.6. The van der Waals surface area contributed by atoms with Crippen LogP contribution in [0.5, 0.6) is 0 Å². The van der Waals surface area contributed by atoms with Crippen molar-refractivity contribution >= 4 is 11.9 Å². The molecule has 28 heavy (non-hydrogen) atoms. The van der Waals surface area contributed by atoms with Crippen LogP contribution in [0.2, 0.25) is 0 Å². The van der Waals surface area contributed by atoms with Gasteiger partial charge in [0, 0.05) is 38.8 Å². The average Bonchev–Trinajstić information content (AvgIpc) is 2.72. The van der Waals surface area contributed by atoms with Gasteiger partial charge in [0.25, 0.3) is 5.91 Å². The second-order valence-corrected chi connectivity index (χ2v) is 6.54. The Labute approximate surface area is 166 Å². The zero-order chi connectivity index (χ0) is 20.5. The van der Waals surface area contributed by atoms with E-state index in [2.05, 4.69) is 15.6 Å². The molecule has 6 heteroatoms. The monoisotopic (exact) mass is 384 g/mol. The number of halogens is 1. The van der Waals surface area contributed by atoms with Gasteiger partial charge in [0.2, 0.25) is 0 Å². The molecule has 0 aliphatic heterocycles. The molecule has 2 aromatic carbocycles. The van der Waals surface area contributed by atoms with Gasteiger partial charge in [-0.2, -0.15) is 0 Å². The number of benzene rings is 2. The smallest absolute Gasteiger partial charge is 0.253 e. The molecule has 0 aliphatic rings. The number of nitrogens with zero attached hydrogens (tertiary/aromatic N) is 2. The molecule has 0 fully saturated rings. The molecule has 2 aromatic rings. The Bertz CT molecular complexity index is 814. The number of aryl methyl sites for hydroxylation is 1. The summed E-state index contributed by atoms with van der Waals surface area (Å²) < 4.78 is 13.6. The number of aliphatic imine (C=N–C) groups is 1. The molecule has 0 aliphatic carbocycles. The van der Waals surface area contributed by atoms with Crippen molar-refractivity contribution in [2.75, 3.05) is 20.1 Å². The van der Waals surface area contributed by atoms with Crippen molar-refractivity contribution in [2.45, 2.75) is 33.9 Å². The van der Waals surface area contributed by atoms with Crippen molar-refractivity contribution in [2.24, 2.45) is 4.99 Å². The predicted octanol–water partition coefficient (Wildman–Crippen LogP) is 3.48. The molecule has 2 N–H and O–H groups in total. The lowest BCUT2D eigenvalue weighted by Crippen LogP contribution is -2.36. The van der Waals surface area contributed by atoms with Gasteiger partial charge in [-0.3, -0.25) is 9.79 Å². The average molecular weight is 384 g/mol. The molecule has 0 saturated carbocycles. The molecule has 1 amide bonds. The lowest BCUT2D eigenvalue weighted by Gasteiger charge is -2.18. The van der Waals surface area contributed by atoms with Gasteiger partial charge in [0.15, 0.2) is 5.96 Å². The number of hydrogen-bond acceptors (Lipinski definition) is 2. The topological polar surface area (TPSA) is 56.7 Å². The number of carbonyl (C=O) groups is 1. The quantitative estimate of drug-likeness (QED) is 0.568. The third kappa shape index (κ3) is 5.81. The van der Waals surface area contributed by atoms with Gasteiger partial charge in [-0.25, -0.2) is 4.39 Å². The van der Waals surface area contributed by atoms with E-state index in [1.807, 2.05) is 44.2 Å². The van der Waals surface area contributed by atoms with E-state index in [1.165, 1.54) is 6.07 Å². The number of nitrogens with one attached hydrogen (secondary N) is 2. The Kier molecular flexibility index (Phi) is 7.99. The minimum Gasteiger partial charge on any atom is -0.352 e. The summed E-state index contributed by atoms with van der Waals surface area (Å²) >= 11 is 0. The number of rotatable bonds is 7. The van der Waals surface area contributed by atoms with Crippen molar-refractivity contribution in [3.63, 3.8) is 0 Å². The first kappa shape index (κ1) is 21.4. The highest BCUT2D eigenvalue weighted by Gasteiger charge is 2.11. The lowest BCUT2D eigenvalue weighted by molar-refractivity contribution is 0.0773. The predicted molar refractivity (Wildman–Crippen MR) is 112 cm³/mol. The molecule has 0 unspecified atom stereocenters. The summed E-state index contributed by atoms with van der Waals surface area (Å²) in [5, 5.41) is 6.40. The second kappa shape index (κ2) is 10.4. The second-order valence-electron chi connectivity index (χ2n) is 6.54. The third-order valence-corrected chi connectivity index (χ3v) is 4.63. The number of amides is 1. The van der Waals surface area contributed by atoms with Crippen molar-refractivity contribution in [3.8, 4) is 0 Å². The van der Waals surface area contributed by atoms with Crippen molar-refractivity contribution in [3.05, 3.63) is 70.5 Å². The van der Waals surface area contributed by atoms with Crippen LogP contribution >= 0.6 is 0 Å². The zero-order valence-electron chi connectivity index (χ0n) is 17.1. The normalized spacial score (nSPS) is 11.2. The number of guanidine groups is 1. The first-order valence-electron chi connectivity index (χ1n) is 9.56. The minimum atomic E-state index is -0.207. The van der Waals surface area contributed by atoms with Crippen molar-refractivity contribution in [1.29, 1.82) is 0 Å². The minimum absolute atomic E-state index is 0.0484. The lowest BCUT2D eigenvalue weighted by atomic mass is 10.1. The highest BCUT2D eigenvalue weighted by molar-refractivity contribution is 5.94. The maximum absolute atomic E-state index is 13.6. The number of carbonyl (C=O) groups excluding carboxylic acids is 1. The van der Waals surface area contributed by atoms with Gasteiger partial charge in [-0.15, -0.1) is 0 Å². The fourth-order valence-corrected chi connectivity index (χ4v) is 2.80. The van der Waals surface area contributed by atoms with Crippen LogP contribution in [0.15, 0.2) is 47.5 Å². The highest BCUT2D eigenvalue weighted by atomic mass is 19.1. The van der Waals surface area contributed by atoms with Gasteiger partial charge in [-0.05, 0) is 55.7 Å². The molecule has 0 spiro atoms. The van der Waals surface area contributed by atoms with Crippen LogP contribution in [0.3, 0.4) is 0 Å². The first-order chi connectivity index (χ1) is 13.5. The van der Waals surface area contributed by atoms with Gasteiger partial charge in [0.05, 0.1) is 0 Å². The maximum Gasteiger partial charge on any atom is 0.253 e. The Morgan fingerprint density at radius 3 is 2.11 bits per heavy atom. The largest absolute Gasteiger partial charge is 0.352 e. The molecular formula is C22H29FN4O. The molecule has 0 aromatic heterocycles. The standard InChI is InChI=1S/C22H29FN4O/c1-5-27(6-2)21(28)19-11-9-17(10-12-19)14-25-22(24-4)26-15-18-8-7-16(3)20(23)13-18/h7-13H,5-6,14-15H2,1-4H3,(H2,24,25,26). The molecule has 0 atom stereocenters. The Morgan fingerprint density at radius 2 is 1.57 bits per heavy atom. The van der Waals surface area contributed by atoms with Crippen LogP contribution in [0.1, 0.15) is 40.9 Å². The van der Waals surface area contributed by atoms with E-state index in [0.717, 1.165) is 11.1 Å². The number of hydrogen-bond donors (Lipinski definition) is 2. The molecule has 0 saturated heterocycles. The van der Waals surface area contributed by atoms with E-state index < -0.39 is 0 Å². The Balaban J connectivity index is 1.89. The van der Waals surface area contributed by atoms with E-state index in [9.17, 15) is 9.18 Å². The molecule has 0 bridgehead atoms. The van der Waals surface area contributed by atoms with E-state index in [-0.39, 0.29) is 11.7 Å². The third-order valence-electron chi connectivity index (χ3n) is 4.63. The summed E-state index contributed by atoms with van der Waals surface area (Å²) in [5.41, 5.74) is 3.22. The van der Waals surface area contributed by atoms with Crippen LogP contribution < -0.4 is 10.6 Å². The molecule has 5 nitrogen and oxygen atoms in total. The van der Waals surface area contributed by atoms with E-state index in [0.29, 0.717) is 43.3 Å². The van der Waals surface area contributed by atoms with E-state index in [4.69, 9.17) is 0 Å². The summed E-state index contributed by atoms with van der Waals surface area (Å²) in [7, 11) is 1.69.